The second kappa shape index (κ2) is 4.09. The smallest absolute Gasteiger partial charge is 0.0653 e. The molecule has 0 aliphatic carbocycles. The minimum atomic E-state index is 0.543. The molecular formula is C12H13ClN2. The van der Waals surface area contributed by atoms with E-state index in [1.807, 2.05) is 24.4 Å². The molecule has 0 atom stereocenters. The summed E-state index contributed by atoms with van der Waals surface area (Å²) in [6.45, 7) is 2.60. The summed E-state index contributed by atoms with van der Waals surface area (Å²) in [5.41, 5.74) is 8.70. The quantitative estimate of drug-likeness (QED) is 0.803. The lowest BCUT2D eigenvalue weighted by Gasteiger charge is -1.99. The van der Waals surface area contributed by atoms with Gasteiger partial charge in [-0.25, -0.2) is 0 Å². The summed E-state index contributed by atoms with van der Waals surface area (Å²) in [5, 5.41) is 1.91. The van der Waals surface area contributed by atoms with Crippen molar-refractivity contribution < 1.29 is 0 Å². The number of halogens is 1. The van der Waals surface area contributed by atoms with Gasteiger partial charge in [-0.1, -0.05) is 23.8 Å². The Kier molecular flexibility index (Phi) is 2.80. The van der Waals surface area contributed by atoms with Gasteiger partial charge in [-0.05, 0) is 30.2 Å². The average Bonchev–Trinajstić information content (AvgIpc) is 2.58. The lowest BCUT2D eigenvalue weighted by Crippen LogP contribution is -1.91. The fraction of sp³-hybridized carbons (Fsp3) is 0.167. The molecule has 3 N–H and O–H groups in total. The van der Waals surface area contributed by atoms with Crippen molar-refractivity contribution in [3.05, 3.63) is 40.6 Å². The molecule has 2 nitrogen and oxygen atoms in total. The summed E-state index contributed by atoms with van der Waals surface area (Å²) >= 11 is 6.16. The number of H-pyrrole nitrogens is 1. The van der Waals surface area contributed by atoms with Crippen molar-refractivity contribution in [2.45, 2.75) is 6.92 Å². The first-order valence-corrected chi connectivity index (χ1v) is 5.24. The molecule has 78 valence electrons. The summed E-state index contributed by atoms with van der Waals surface area (Å²) in [5.74, 6) is 0. The number of aromatic amines is 1. The van der Waals surface area contributed by atoms with Crippen LogP contribution in [0, 0.1) is 6.92 Å². The highest BCUT2D eigenvalue weighted by molar-refractivity contribution is 6.35. The number of fused-ring (bicyclic) bond motifs is 1. The highest BCUT2D eigenvalue weighted by atomic mass is 35.5. The fourth-order valence-electron chi connectivity index (χ4n) is 1.64. The number of aromatic nitrogens is 1. The van der Waals surface area contributed by atoms with Gasteiger partial charge in [-0.3, -0.25) is 0 Å². The molecule has 1 aromatic carbocycles. The number of hydrogen-bond acceptors (Lipinski definition) is 1. The highest BCUT2D eigenvalue weighted by Gasteiger charge is 2.04. The minimum absolute atomic E-state index is 0.543. The molecule has 0 radical (unpaired) electrons. The Balaban J connectivity index is 2.60. The van der Waals surface area contributed by atoms with E-state index < -0.39 is 0 Å². The Hall–Kier alpha value is -1.25. The molecule has 0 unspecified atom stereocenters. The first-order valence-electron chi connectivity index (χ1n) is 4.86. The molecule has 0 saturated carbocycles. The van der Waals surface area contributed by atoms with Crippen LogP contribution < -0.4 is 5.73 Å². The van der Waals surface area contributed by atoms with Crippen LogP contribution in [0.5, 0.6) is 0 Å². The number of benzene rings is 1. The number of nitrogens with one attached hydrogen (secondary N) is 1. The van der Waals surface area contributed by atoms with Gasteiger partial charge in [0.15, 0.2) is 0 Å². The van der Waals surface area contributed by atoms with E-state index in [9.17, 15) is 0 Å². The topological polar surface area (TPSA) is 41.8 Å². The number of nitrogens with two attached hydrogens (primary N) is 1. The average molecular weight is 221 g/mol. The minimum Gasteiger partial charge on any atom is -0.360 e. The van der Waals surface area contributed by atoms with Crippen LogP contribution >= 0.6 is 11.6 Å². The third kappa shape index (κ3) is 1.91. The Morgan fingerprint density at radius 2 is 2.27 bits per heavy atom. The van der Waals surface area contributed by atoms with E-state index >= 15 is 0 Å². The first kappa shape index (κ1) is 10.3. The molecule has 0 amide bonds. The molecule has 0 saturated heterocycles. The molecule has 0 aliphatic rings. The van der Waals surface area contributed by atoms with Crippen molar-refractivity contribution in [1.82, 2.24) is 4.98 Å². The Morgan fingerprint density at radius 1 is 1.47 bits per heavy atom. The van der Waals surface area contributed by atoms with Crippen molar-refractivity contribution in [1.29, 1.82) is 0 Å². The van der Waals surface area contributed by atoms with Crippen LogP contribution in [0.25, 0.3) is 17.0 Å². The predicted molar refractivity (Wildman–Crippen MR) is 66.1 cm³/mol. The lowest BCUT2D eigenvalue weighted by atomic mass is 10.1. The van der Waals surface area contributed by atoms with E-state index in [1.165, 1.54) is 10.9 Å². The Labute approximate surface area is 93.7 Å². The van der Waals surface area contributed by atoms with E-state index in [4.69, 9.17) is 17.3 Å². The van der Waals surface area contributed by atoms with E-state index in [1.54, 1.807) is 0 Å². The van der Waals surface area contributed by atoms with Crippen LogP contribution in [0.15, 0.2) is 24.4 Å². The SMILES string of the molecule is Cc1c[nH]c2c(Cl)cc(/C=C/CN)cc12. The van der Waals surface area contributed by atoms with Gasteiger partial charge in [0.25, 0.3) is 0 Å². The third-order valence-electron chi connectivity index (χ3n) is 2.42. The molecule has 2 aromatic rings. The molecule has 2 rings (SSSR count). The Morgan fingerprint density at radius 3 is 3.00 bits per heavy atom. The number of aryl methyl sites for hydroxylation is 1. The maximum atomic E-state index is 6.16. The molecule has 15 heavy (non-hydrogen) atoms. The van der Waals surface area contributed by atoms with Gasteiger partial charge >= 0.3 is 0 Å². The van der Waals surface area contributed by atoms with Gasteiger partial charge in [-0.15, -0.1) is 0 Å². The third-order valence-corrected chi connectivity index (χ3v) is 2.71. The van der Waals surface area contributed by atoms with Crippen molar-refractivity contribution >= 4 is 28.6 Å². The Bertz CT molecular complexity index is 512. The molecular weight excluding hydrogens is 208 g/mol. The molecule has 0 bridgehead atoms. The van der Waals surface area contributed by atoms with Crippen molar-refractivity contribution in [2.24, 2.45) is 5.73 Å². The maximum Gasteiger partial charge on any atom is 0.0653 e. The molecule has 3 heteroatoms. The van der Waals surface area contributed by atoms with Crippen LogP contribution in [0.3, 0.4) is 0 Å². The van der Waals surface area contributed by atoms with Gasteiger partial charge in [0.1, 0.15) is 0 Å². The van der Waals surface area contributed by atoms with Crippen LogP contribution in [0.4, 0.5) is 0 Å². The summed E-state index contributed by atoms with van der Waals surface area (Å²) in [6, 6.07) is 4.05. The monoisotopic (exact) mass is 220 g/mol. The fourth-order valence-corrected chi connectivity index (χ4v) is 1.93. The van der Waals surface area contributed by atoms with E-state index in [0.29, 0.717) is 6.54 Å². The summed E-state index contributed by atoms with van der Waals surface area (Å²) in [6.07, 6.45) is 5.87. The van der Waals surface area contributed by atoms with Crippen molar-refractivity contribution in [2.75, 3.05) is 6.54 Å². The largest absolute Gasteiger partial charge is 0.360 e. The van der Waals surface area contributed by atoms with Crippen LogP contribution in [-0.2, 0) is 0 Å². The number of rotatable bonds is 2. The first-order chi connectivity index (χ1) is 7.22. The van der Waals surface area contributed by atoms with Crippen LogP contribution in [-0.4, -0.2) is 11.5 Å². The van der Waals surface area contributed by atoms with Gasteiger partial charge < -0.3 is 10.7 Å². The predicted octanol–water partition coefficient (Wildman–Crippen LogP) is 3.10. The zero-order valence-electron chi connectivity index (χ0n) is 8.55. The standard InChI is InChI=1S/C12H13ClN2/c1-8-7-15-12-10(8)5-9(3-2-4-14)6-11(12)13/h2-3,5-7,15H,4,14H2,1H3/b3-2+. The second-order valence-corrected chi connectivity index (χ2v) is 3.94. The summed E-state index contributed by atoms with van der Waals surface area (Å²) in [7, 11) is 0. The molecule has 0 spiro atoms. The van der Waals surface area contributed by atoms with E-state index in [0.717, 1.165) is 16.1 Å². The zero-order valence-corrected chi connectivity index (χ0v) is 9.31. The van der Waals surface area contributed by atoms with Crippen LogP contribution in [0.1, 0.15) is 11.1 Å². The molecule has 0 fully saturated rings. The van der Waals surface area contributed by atoms with Gasteiger partial charge in [-0.2, -0.15) is 0 Å². The maximum absolute atomic E-state index is 6.16. The van der Waals surface area contributed by atoms with E-state index in [-0.39, 0.29) is 0 Å². The van der Waals surface area contributed by atoms with Crippen molar-refractivity contribution in [3.8, 4) is 0 Å². The highest BCUT2D eigenvalue weighted by Crippen LogP contribution is 2.27. The second-order valence-electron chi connectivity index (χ2n) is 3.54. The zero-order chi connectivity index (χ0) is 10.8. The summed E-state index contributed by atoms with van der Waals surface area (Å²) < 4.78 is 0. The number of hydrogen-bond donors (Lipinski definition) is 2. The molecule has 0 aliphatic heterocycles. The van der Waals surface area contributed by atoms with Gasteiger partial charge in [0.05, 0.1) is 10.5 Å². The van der Waals surface area contributed by atoms with E-state index in [2.05, 4.69) is 18.0 Å². The normalized spacial score (nSPS) is 11.7. The lowest BCUT2D eigenvalue weighted by molar-refractivity contribution is 1.26. The van der Waals surface area contributed by atoms with Crippen molar-refractivity contribution in [3.63, 3.8) is 0 Å². The van der Waals surface area contributed by atoms with Gasteiger partial charge in [0.2, 0.25) is 0 Å². The van der Waals surface area contributed by atoms with Gasteiger partial charge in [0, 0.05) is 18.1 Å². The summed E-state index contributed by atoms with van der Waals surface area (Å²) in [4.78, 5) is 3.16. The van der Waals surface area contributed by atoms with Crippen LogP contribution in [0.2, 0.25) is 5.02 Å². The molecule has 1 heterocycles. The molecule has 1 aromatic heterocycles.